The summed E-state index contributed by atoms with van der Waals surface area (Å²) in [6.07, 6.45) is 0.392. The van der Waals surface area contributed by atoms with Gasteiger partial charge in [0.25, 0.3) is 0 Å². The van der Waals surface area contributed by atoms with E-state index in [-0.39, 0.29) is 11.9 Å². The number of thiazole rings is 1. The zero-order valence-electron chi connectivity index (χ0n) is 15.1. The minimum atomic E-state index is -0.386. The second-order valence-electron chi connectivity index (χ2n) is 6.12. The van der Waals surface area contributed by atoms with Gasteiger partial charge in [0.2, 0.25) is 5.91 Å². The molecule has 0 fully saturated rings. The van der Waals surface area contributed by atoms with Crippen molar-refractivity contribution in [2.45, 2.75) is 27.2 Å². The van der Waals surface area contributed by atoms with Crippen molar-refractivity contribution in [1.82, 2.24) is 4.98 Å². The number of amides is 3. The van der Waals surface area contributed by atoms with Crippen molar-refractivity contribution < 1.29 is 9.59 Å². The van der Waals surface area contributed by atoms with Gasteiger partial charge in [0, 0.05) is 12.1 Å². The van der Waals surface area contributed by atoms with Crippen molar-refractivity contribution in [2.75, 3.05) is 16.0 Å². The Labute approximate surface area is 165 Å². The average molecular weight is 403 g/mol. The molecule has 27 heavy (non-hydrogen) atoms. The van der Waals surface area contributed by atoms with Crippen LogP contribution < -0.4 is 16.0 Å². The normalized spacial score (nSPS) is 10.7. The molecule has 0 aliphatic heterocycles. The number of fused-ring (bicyclic) bond motifs is 1. The van der Waals surface area contributed by atoms with Gasteiger partial charge in [0.15, 0.2) is 5.13 Å². The van der Waals surface area contributed by atoms with E-state index in [4.69, 9.17) is 11.6 Å². The molecule has 1 heterocycles. The lowest BCUT2D eigenvalue weighted by atomic mass is 10.2. The van der Waals surface area contributed by atoms with Crippen LogP contribution in [0.2, 0.25) is 5.02 Å². The van der Waals surface area contributed by atoms with Gasteiger partial charge >= 0.3 is 6.03 Å². The molecule has 0 saturated carbocycles. The number of anilines is 3. The van der Waals surface area contributed by atoms with Crippen molar-refractivity contribution >= 4 is 61.6 Å². The van der Waals surface area contributed by atoms with Gasteiger partial charge in [0.1, 0.15) is 0 Å². The molecule has 3 aromatic rings. The Morgan fingerprint density at radius 1 is 1.11 bits per heavy atom. The molecule has 0 unspecified atom stereocenters. The predicted octanol–water partition coefficient (Wildman–Crippen LogP) is 5.56. The summed E-state index contributed by atoms with van der Waals surface area (Å²) in [4.78, 5) is 28.3. The van der Waals surface area contributed by atoms with Crippen LogP contribution in [0.15, 0.2) is 30.3 Å². The van der Waals surface area contributed by atoms with E-state index in [9.17, 15) is 9.59 Å². The molecule has 1 aromatic heterocycles. The zero-order chi connectivity index (χ0) is 19.6. The molecule has 140 valence electrons. The fourth-order valence-electron chi connectivity index (χ4n) is 2.54. The number of benzene rings is 2. The minimum absolute atomic E-state index is 0.0839. The van der Waals surface area contributed by atoms with Crippen LogP contribution in [-0.2, 0) is 4.79 Å². The zero-order valence-corrected chi connectivity index (χ0v) is 16.7. The van der Waals surface area contributed by atoms with E-state index >= 15 is 0 Å². The molecule has 0 atom stereocenters. The van der Waals surface area contributed by atoms with E-state index < -0.39 is 0 Å². The van der Waals surface area contributed by atoms with E-state index in [1.54, 1.807) is 19.1 Å². The van der Waals surface area contributed by atoms with Crippen LogP contribution in [0.3, 0.4) is 0 Å². The van der Waals surface area contributed by atoms with Crippen LogP contribution in [0.1, 0.15) is 24.5 Å². The van der Waals surface area contributed by atoms with Gasteiger partial charge < -0.3 is 16.0 Å². The quantitative estimate of drug-likeness (QED) is 0.534. The third-order valence-electron chi connectivity index (χ3n) is 3.88. The SMILES string of the molecule is CCC(=O)Nc1nc2c(C)cc(NC(=O)Nc3ccc(C)cc3Cl)cc2s1. The summed E-state index contributed by atoms with van der Waals surface area (Å²) < 4.78 is 0.880. The highest BCUT2D eigenvalue weighted by atomic mass is 35.5. The van der Waals surface area contributed by atoms with Gasteiger partial charge in [-0.15, -0.1) is 0 Å². The highest BCUT2D eigenvalue weighted by Gasteiger charge is 2.12. The largest absolute Gasteiger partial charge is 0.323 e. The third-order valence-corrected chi connectivity index (χ3v) is 5.11. The first kappa shape index (κ1) is 19.1. The summed E-state index contributed by atoms with van der Waals surface area (Å²) in [5.74, 6) is -0.0839. The number of nitrogens with zero attached hydrogens (tertiary/aromatic N) is 1. The third kappa shape index (κ3) is 4.56. The molecule has 0 bridgehead atoms. The molecule has 6 nitrogen and oxygen atoms in total. The number of urea groups is 1. The number of halogens is 1. The number of hydrogen-bond donors (Lipinski definition) is 3. The fourth-order valence-corrected chi connectivity index (χ4v) is 3.82. The molecule has 0 saturated heterocycles. The van der Waals surface area contributed by atoms with E-state index in [2.05, 4.69) is 20.9 Å². The maximum atomic E-state index is 12.3. The number of carbonyl (C=O) groups is 2. The Balaban J connectivity index is 1.78. The molecular formula is C19H19ClN4O2S. The number of aromatic nitrogens is 1. The molecule has 0 aliphatic carbocycles. The Morgan fingerprint density at radius 2 is 1.89 bits per heavy atom. The molecule has 3 N–H and O–H groups in total. The van der Waals surface area contributed by atoms with E-state index in [0.29, 0.717) is 27.9 Å². The first-order chi connectivity index (χ1) is 12.9. The van der Waals surface area contributed by atoms with Crippen molar-refractivity contribution in [3.63, 3.8) is 0 Å². The minimum Gasteiger partial charge on any atom is -0.308 e. The first-order valence-corrected chi connectivity index (χ1v) is 9.60. The Morgan fingerprint density at radius 3 is 2.59 bits per heavy atom. The van der Waals surface area contributed by atoms with Crippen molar-refractivity contribution in [1.29, 1.82) is 0 Å². The topological polar surface area (TPSA) is 83.1 Å². The number of hydrogen-bond acceptors (Lipinski definition) is 4. The van der Waals surface area contributed by atoms with Gasteiger partial charge in [-0.3, -0.25) is 4.79 Å². The maximum absolute atomic E-state index is 12.3. The lowest BCUT2D eigenvalue weighted by Crippen LogP contribution is -2.19. The Bertz CT molecular complexity index is 1030. The summed E-state index contributed by atoms with van der Waals surface area (Å²) in [7, 11) is 0. The molecule has 3 amide bonds. The average Bonchev–Trinajstić information content (AvgIpc) is 3.00. The summed E-state index contributed by atoms with van der Waals surface area (Å²) in [6.45, 7) is 5.63. The molecule has 0 radical (unpaired) electrons. The number of rotatable bonds is 4. The second-order valence-corrected chi connectivity index (χ2v) is 7.56. The Kier molecular flexibility index (Phi) is 5.62. The second kappa shape index (κ2) is 7.94. The van der Waals surface area contributed by atoms with Crippen LogP contribution in [0, 0.1) is 13.8 Å². The summed E-state index contributed by atoms with van der Waals surface area (Å²) in [5.41, 5.74) is 3.91. The van der Waals surface area contributed by atoms with Crippen molar-refractivity contribution in [3.05, 3.63) is 46.5 Å². The number of nitrogens with one attached hydrogen (secondary N) is 3. The summed E-state index contributed by atoms with van der Waals surface area (Å²) in [6, 6.07) is 8.71. The molecule has 0 spiro atoms. The van der Waals surface area contributed by atoms with Crippen LogP contribution in [0.25, 0.3) is 10.2 Å². The predicted molar refractivity (Wildman–Crippen MR) is 112 cm³/mol. The maximum Gasteiger partial charge on any atom is 0.323 e. The molecule has 8 heteroatoms. The van der Waals surface area contributed by atoms with Gasteiger partial charge in [0.05, 0.1) is 20.9 Å². The number of carbonyl (C=O) groups excluding carboxylic acids is 2. The highest BCUT2D eigenvalue weighted by Crippen LogP contribution is 2.31. The van der Waals surface area contributed by atoms with Gasteiger partial charge in [-0.2, -0.15) is 0 Å². The first-order valence-electron chi connectivity index (χ1n) is 8.41. The van der Waals surface area contributed by atoms with Crippen molar-refractivity contribution in [2.24, 2.45) is 0 Å². The van der Waals surface area contributed by atoms with E-state index in [1.165, 1.54) is 11.3 Å². The molecular weight excluding hydrogens is 384 g/mol. The van der Waals surface area contributed by atoms with Crippen LogP contribution in [0.5, 0.6) is 0 Å². The van der Waals surface area contributed by atoms with Crippen LogP contribution in [0.4, 0.5) is 21.3 Å². The fraction of sp³-hybridized carbons (Fsp3) is 0.211. The lowest BCUT2D eigenvalue weighted by Gasteiger charge is -2.10. The van der Waals surface area contributed by atoms with E-state index in [1.807, 2.05) is 32.0 Å². The Hall–Kier alpha value is -2.64. The van der Waals surface area contributed by atoms with Gasteiger partial charge in [-0.25, -0.2) is 9.78 Å². The summed E-state index contributed by atoms with van der Waals surface area (Å²) >= 11 is 7.52. The lowest BCUT2D eigenvalue weighted by molar-refractivity contribution is -0.115. The highest BCUT2D eigenvalue weighted by molar-refractivity contribution is 7.22. The standard InChI is InChI=1S/C19H19ClN4O2S/c1-4-16(25)23-19-24-17-11(3)8-12(9-15(17)27-19)21-18(26)22-14-6-5-10(2)7-13(14)20/h5-9H,4H2,1-3H3,(H2,21,22,26)(H,23,24,25). The van der Waals surface area contributed by atoms with E-state index in [0.717, 1.165) is 21.3 Å². The molecule has 2 aromatic carbocycles. The molecule has 3 rings (SSSR count). The monoisotopic (exact) mass is 402 g/mol. The smallest absolute Gasteiger partial charge is 0.308 e. The molecule has 0 aliphatic rings. The van der Waals surface area contributed by atoms with Crippen molar-refractivity contribution in [3.8, 4) is 0 Å². The van der Waals surface area contributed by atoms with Gasteiger partial charge in [-0.05, 0) is 49.2 Å². The number of aryl methyl sites for hydroxylation is 2. The van der Waals surface area contributed by atoms with Crippen LogP contribution >= 0.6 is 22.9 Å². The van der Waals surface area contributed by atoms with Crippen LogP contribution in [-0.4, -0.2) is 16.9 Å². The van der Waals surface area contributed by atoms with Gasteiger partial charge in [-0.1, -0.05) is 35.9 Å². The summed E-state index contributed by atoms with van der Waals surface area (Å²) in [5, 5.41) is 9.35.